The molecule has 0 bridgehead atoms. The molecular formula is C17H30N2O3. The van der Waals surface area contributed by atoms with Crippen molar-refractivity contribution >= 4 is 6.03 Å². The van der Waals surface area contributed by atoms with E-state index in [1.165, 1.54) is 19.3 Å². The number of urea groups is 1. The molecule has 2 saturated heterocycles. The minimum atomic E-state index is 0.0417. The molecule has 0 unspecified atom stereocenters. The number of morpholine rings is 1. The van der Waals surface area contributed by atoms with Crippen molar-refractivity contribution in [2.45, 2.75) is 82.6 Å². The Hall–Kier alpha value is -0.810. The van der Waals surface area contributed by atoms with Crippen molar-refractivity contribution in [2.24, 2.45) is 0 Å². The fraction of sp³-hybridized carbons (Fsp3) is 0.941. The zero-order valence-corrected chi connectivity index (χ0v) is 14.0. The summed E-state index contributed by atoms with van der Waals surface area (Å²) in [5.74, 6) is 0. The number of nitrogens with one attached hydrogen (secondary N) is 1. The summed E-state index contributed by atoms with van der Waals surface area (Å²) in [4.78, 5) is 14.5. The topological polar surface area (TPSA) is 50.8 Å². The van der Waals surface area contributed by atoms with Gasteiger partial charge < -0.3 is 19.7 Å². The van der Waals surface area contributed by atoms with E-state index in [4.69, 9.17) is 9.47 Å². The third-order valence-electron chi connectivity index (χ3n) is 5.29. The third kappa shape index (κ3) is 3.74. The van der Waals surface area contributed by atoms with Crippen molar-refractivity contribution in [1.29, 1.82) is 0 Å². The molecule has 0 aromatic heterocycles. The second-order valence-corrected chi connectivity index (χ2v) is 7.39. The lowest BCUT2D eigenvalue weighted by molar-refractivity contribution is -0.108. The molecule has 0 aromatic carbocycles. The summed E-state index contributed by atoms with van der Waals surface area (Å²) in [6.45, 7) is 6.21. The molecule has 1 aliphatic carbocycles. The monoisotopic (exact) mass is 310 g/mol. The average molecular weight is 310 g/mol. The normalized spacial score (nSPS) is 35.4. The number of rotatable bonds is 1. The second-order valence-electron chi connectivity index (χ2n) is 7.39. The first-order valence-corrected chi connectivity index (χ1v) is 8.91. The van der Waals surface area contributed by atoms with E-state index in [9.17, 15) is 4.79 Å². The Balaban J connectivity index is 1.54. The predicted octanol–water partition coefficient (Wildman–Crippen LogP) is 2.69. The highest BCUT2D eigenvalue weighted by Crippen LogP contribution is 2.38. The van der Waals surface area contributed by atoms with Gasteiger partial charge in [0.1, 0.15) is 0 Å². The first-order valence-electron chi connectivity index (χ1n) is 8.91. The SMILES string of the molecule is C[C@@H]1CN(C(=O)N[C@H]2CCOC3(CCCCC3)C2)C[C@@H](C)O1. The number of carbonyl (C=O) groups is 1. The van der Waals surface area contributed by atoms with Crippen LogP contribution in [0, 0.1) is 0 Å². The van der Waals surface area contributed by atoms with Crippen molar-refractivity contribution in [3.05, 3.63) is 0 Å². The molecule has 126 valence electrons. The zero-order chi connectivity index (χ0) is 15.6. The number of nitrogens with zero attached hydrogens (tertiary/aromatic N) is 1. The molecule has 1 spiro atoms. The van der Waals surface area contributed by atoms with Gasteiger partial charge in [-0.3, -0.25) is 0 Å². The summed E-state index contributed by atoms with van der Waals surface area (Å²) in [5.41, 5.74) is 0.0417. The highest BCUT2D eigenvalue weighted by Gasteiger charge is 2.39. The molecule has 5 heteroatoms. The second kappa shape index (κ2) is 6.75. The average Bonchev–Trinajstić information content (AvgIpc) is 2.47. The maximum Gasteiger partial charge on any atom is 0.317 e. The molecule has 1 saturated carbocycles. The summed E-state index contributed by atoms with van der Waals surface area (Å²) in [5, 5.41) is 3.25. The van der Waals surface area contributed by atoms with Crippen molar-refractivity contribution in [3.63, 3.8) is 0 Å². The van der Waals surface area contributed by atoms with Gasteiger partial charge in [-0.15, -0.1) is 0 Å². The fourth-order valence-electron chi connectivity index (χ4n) is 4.31. The largest absolute Gasteiger partial charge is 0.375 e. The Morgan fingerprint density at radius 2 is 1.82 bits per heavy atom. The van der Waals surface area contributed by atoms with Gasteiger partial charge in [0.2, 0.25) is 0 Å². The first-order chi connectivity index (χ1) is 10.6. The number of carbonyl (C=O) groups excluding carboxylic acids is 1. The minimum absolute atomic E-state index is 0.0417. The minimum Gasteiger partial charge on any atom is -0.375 e. The van der Waals surface area contributed by atoms with Crippen LogP contribution in [-0.4, -0.2) is 54.5 Å². The summed E-state index contributed by atoms with van der Waals surface area (Å²) < 4.78 is 11.8. The quantitative estimate of drug-likeness (QED) is 0.810. The Morgan fingerprint density at radius 3 is 2.50 bits per heavy atom. The standard InChI is InChI=1S/C17H30N2O3/c1-13-11-19(12-14(2)22-13)16(20)18-15-6-9-21-17(10-15)7-4-3-5-8-17/h13-15H,3-12H2,1-2H3,(H,18,20)/t13-,14-,15+/m1/s1. The van der Waals surface area contributed by atoms with Crippen molar-refractivity contribution in [2.75, 3.05) is 19.7 Å². The molecule has 0 radical (unpaired) electrons. The zero-order valence-electron chi connectivity index (χ0n) is 14.0. The summed E-state index contributed by atoms with van der Waals surface area (Å²) in [7, 11) is 0. The first kappa shape index (κ1) is 16.1. The highest BCUT2D eigenvalue weighted by atomic mass is 16.5. The van der Waals surface area contributed by atoms with Crippen LogP contribution < -0.4 is 5.32 Å². The Labute approximate surface area is 133 Å². The number of hydrogen-bond donors (Lipinski definition) is 1. The van der Waals surface area contributed by atoms with Gasteiger partial charge in [0, 0.05) is 25.7 Å². The van der Waals surface area contributed by atoms with Crippen molar-refractivity contribution < 1.29 is 14.3 Å². The molecule has 2 amide bonds. The van der Waals surface area contributed by atoms with Crippen LogP contribution in [0.2, 0.25) is 0 Å². The van der Waals surface area contributed by atoms with E-state index in [-0.39, 0.29) is 29.9 Å². The lowest BCUT2D eigenvalue weighted by Gasteiger charge is -2.44. The van der Waals surface area contributed by atoms with Crippen LogP contribution in [0.25, 0.3) is 0 Å². The smallest absolute Gasteiger partial charge is 0.317 e. The molecule has 3 rings (SSSR count). The summed E-state index contributed by atoms with van der Waals surface area (Å²) in [6, 6.07) is 0.327. The molecule has 1 N–H and O–H groups in total. The predicted molar refractivity (Wildman–Crippen MR) is 84.9 cm³/mol. The maximum atomic E-state index is 12.5. The Kier molecular flexibility index (Phi) is 4.93. The van der Waals surface area contributed by atoms with Crippen LogP contribution in [-0.2, 0) is 9.47 Å². The maximum absolute atomic E-state index is 12.5. The molecule has 2 aliphatic heterocycles. The van der Waals surface area contributed by atoms with E-state index >= 15 is 0 Å². The summed E-state index contributed by atoms with van der Waals surface area (Å²) in [6.07, 6.45) is 8.32. The van der Waals surface area contributed by atoms with Gasteiger partial charge in [-0.25, -0.2) is 4.79 Å². The van der Waals surface area contributed by atoms with Gasteiger partial charge in [-0.2, -0.15) is 0 Å². The van der Waals surface area contributed by atoms with E-state index < -0.39 is 0 Å². The van der Waals surface area contributed by atoms with E-state index in [1.807, 2.05) is 18.7 Å². The van der Waals surface area contributed by atoms with Crippen LogP contribution in [0.5, 0.6) is 0 Å². The van der Waals surface area contributed by atoms with E-state index in [0.717, 1.165) is 32.3 Å². The lowest BCUT2D eigenvalue weighted by atomic mass is 9.78. The van der Waals surface area contributed by atoms with E-state index in [2.05, 4.69) is 5.32 Å². The fourth-order valence-corrected chi connectivity index (χ4v) is 4.31. The highest BCUT2D eigenvalue weighted by molar-refractivity contribution is 5.74. The number of amides is 2. The molecule has 22 heavy (non-hydrogen) atoms. The van der Waals surface area contributed by atoms with Crippen LogP contribution in [0.3, 0.4) is 0 Å². The molecule has 2 heterocycles. The van der Waals surface area contributed by atoms with Crippen molar-refractivity contribution in [1.82, 2.24) is 10.2 Å². The van der Waals surface area contributed by atoms with Gasteiger partial charge >= 0.3 is 6.03 Å². The van der Waals surface area contributed by atoms with Crippen LogP contribution in [0.1, 0.15) is 58.8 Å². The van der Waals surface area contributed by atoms with Gasteiger partial charge in [0.25, 0.3) is 0 Å². The van der Waals surface area contributed by atoms with Gasteiger partial charge in [0.05, 0.1) is 17.8 Å². The lowest BCUT2D eigenvalue weighted by Crippen LogP contribution is -2.56. The molecule has 5 nitrogen and oxygen atoms in total. The van der Waals surface area contributed by atoms with Crippen LogP contribution >= 0.6 is 0 Å². The molecule has 3 fully saturated rings. The van der Waals surface area contributed by atoms with Gasteiger partial charge in [0.15, 0.2) is 0 Å². The molecular weight excluding hydrogens is 280 g/mol. The molecule has 3 aliphatic rings. The third-order valence-corrected chi connectivity index (χ3v) is 5.29. The molecule has 0 aromatic rings. The number of ether oxygens (including phenoxy) is 2. The number of hydrogen-bond acceptors (Lipinski definition) is 3. The molecule has 3 atom stereocenters. The Bertz CT molecular complexity index is 380. The van der Waals surface area contributed by atoms with Crippen LogP contribution in [0.4, 0.5) is 4.79 Å². The van der Waals surface area contributed by atoms with Crippen molar-refractivity contribution in [3.8, 4) is 0 Å². The van der Waals surface area contributed by atoms with Gasteiger partial charge in [-0.05, 0) is 39.5 Å². The van der Waals surface area contributed by atoms with Crippen LogP contribution in [0.15, 0.2) is 0 Å². The van der Waals surface area contributed by atoms with Gasteiger partial charge in [-0.1, -0.05) is 19.3 Å². The Morgan fingerprint density at radius 1 is 1.14 bits per heavy atom. The summed E-state index contributed by atoms with van der Waals surface area (Å²) >= 11 is 0. The van der Waals surface area contributed by atoms with E-state index in [0.29, 0.717) is 13.1 Å². The van der Waals surface area contributed by atoms with E-state index in [1.54, 1.807) is 0 Å².